The van der Waals surface area contributed by atoms with E-state index in [4.69, 9.17) is 4.42 Å². The fraction of sp³-hybridized carbons (Fsp3) is 0.692. The third kappa shape index (κ3) is 2.51. The highest BCUT2D eigenvalue weighted by atomic mass is 32.2. The maximum absolute atomic E-state index is 12.6. The number of amides is 1. The molecule has 0 aliphatic carbocycles. The average molecular weight is 281 g/mol. The van der Waals surface area contributed by atoms with E-state index in [1.54, 1.807) is 7.05 Å². The highest BCUT2D eigenvalue weighted by Gasteiger charge is 2.34. The van der Waals surface area contributed by atoms with Crippen molar-refractivity contribution < 1.29 is 9.21 Å². The molecule has 1 N–H and O–H groups in total. The van der Waals surface area contributed by atoms with Crippen LogP contribution < -0.4 is 5.32 Å². The number of aromatic nitrogens is 1. The van der Waals surface area contributed by atoms with Crippen molar-refractivity contribution in [2.75, 3.05) is 31.6 Å². The zero-order valence-corrected chi connectivity index (χ0v) is 11.9. The summed E-state index contributed by atoms with van der Waals surface area (Å²) in [5.41, 5.74) is 0.913. The van der Waals surface area contributed by atoms with Gasteiger partial charge in [0.1, 0.15) is 6.04 Å². The minimum absolute atomic E-state index is 0.120. The molecule has 2 aliphatic heterocycles. The molecule has 1 aromatic rings. The van der Waals surface area contributed by atoms with E-state index in [0.29, 0.717) is 11.7 Å². The van der Waals surface area contributed by atoms with Crippen LogP contribution in [0.3, 0.4) is 0 Å². The van der Waals surface area contributed by atoms with Crippen LogP contribution in [0, 0.1) is 5.92 Å². The van der Waals surface area contributed by atoms with E-state index < -0.39 is 0 Å². The van der Waals surface area contributed by atoms with Gasteiger partial charge in [-0.1, -0.05) is 0 Å². The fourth-order valence-corrected chi connectivity index (χ4v) is 4.09. The Bertz CT molecular complexity index is 456. The van der Waals surface area contributed by atoms with E-state index >= 15 is 0 Å². The van der Waals surface area contributed by atoms with Crippen molar-refractivity contribution in [3.8, 4) is 0 Å². The molecule has 2 aliphatic rings. The number of nitrogens with one attached hydrogen (secondary N) is 1. The van der Waals surface area contributed by atoms with Crippen molar-refractivity contribution in [3.63, 3.8) is 0 Å². The third-order valence-electron chi connectivity index (χ3n) is 3.90. The molecule has 1 fully saturated rings. The second-order valence-corrected chi connectivity index (χ2v) is 6.30. The molecule has 6 heteroatoms. The van der Waals surface area contributed by atoms with Gasteiger partial charge < -0.3 is 14.6 Å². The molecule has 0 spiro atoms. The molecule has 0 radical (unpaired) electrons. The van der Waals surface area contributed by atoms with Crippen LogP contribution >= 0.6 is 11.8 Å². The summed E-state index contributed by atoms with van der Waals surface area (Å²) >= 11 is 1.99. The number of oxazole rings is 1. The number of carbonyl (C=O) groups is 1. The monoisotopic (exact) mass is 281 g/mol. The number of nitrogens with zero attached hydrogens (tertiary/aromatic N) is 2. The molecule has 2 atom stereocenters. The molecular formula is C13H19N3O2S. The van der Waals surface area contributed by atoms with E-state index in [2.05, 4.69) is 10.3 Å². The predicted octanol–water partition coefficient (Wildman–Crippen LogP) is 1.07. The SMILES string of the molecule is CNC1C(=O)N(CC2CCSC2)CCc2ncoc21. The van der Waals surface area contributed by atoms with Gasteiger partial charge in [0, 0.05) is 19.5 Å². The predicted molar refractivity (Wildman–Crippen MR) is 74.0 cm³/mol. The molecular weight excluding hydrogens is 262 g/mol. The zero-order valence-electron chi connectivity index (χ0n) is 11.1. The van der Waals surface area contributed by atoms with E-state index in [0.717, 1.165) is 25.2 Å². The van der Waals surface area contributed by atoms with E-state index in [9.17, 15) is 4.79 Å². The maximum Gasteiger partial charge on any atom is 0.247 e. The number of hydrogen-bond acceptors (Lipinski definition) is 5. The van der Waals surface area contributed by atoms with Crippen molar-refractivity contribution in [3.05, 3.63) is 17.8 Å². The fourth-order valence-electron chi connectivity index (χ4n) is 2.82. The Balaban J connectivity index is 1.77. The van der Waals surface area contributed by atoms with E-state index in [-0.39, 0.29) is 11.9 Å². The quantitative estimate of drug-likeness (QED) is 0.898. The normalized spacial score (nSPS) is 27.4. The molecule has 3 heterocycles. The van der Waals surface area contributed by atoms with Gasteiger partial charge in [0.05, 0.1) is 5.69 Å². The number of rotatable bonds is 3. The lowest BCUT2D eigenvalue weighted by molar-refractivity contribution is -0.134. The third-order valence-corrected chi connectivity index (χ3v) is 5.13. The average Bonchev–Trinajstić information content (AvgIpc) is 3.04. The van der Waals surface area contributed by atoms with Gasteiger partial charge in [-0.25, -0.2) is 4.98 Å². The molecule has 0 saturated carbocycles. The van der Waals surface area contributed by atoms with Gasteiger partial charge in [0.2, 0.25) is 5.91 Å². The minimum atomic E-state index is -0.381. The van der Waals surface area contributed by atoms with Crippen molar-refractivity contribution in [2.45, 2.75) is 18.9 Å². The second kappa shape index (κ2) is 5.54. The van der Waals surface area contributed by atoms with Gasteiger partial charge >= 0.3 is 0 Å². The standard InChI is InChI=1S/C13H19N3O2S/c1-14-11-12-10(15-8-18-12)2-4-16(13(11)17)6-9-3-5-19-7-9/h8-9,11,14H,2-7H2,1H3. The zero-order chi connectivity index (χ0) is 13.2. The highest BCUT2D eigenvalue weighted by molar-refractivity contribution is 7.99. The van der Waals surface area contributed by atoms with E-state index in [1.165, 1.54) is 24.3 Å². The topological polar surface area (TPSA) is 58.4 Å². The van der Waals surface area contributed by atoms with Crippen LogP contribution in [0.15, 0.2) is 10.8 Å². The van der Waals surface area contributed by atoms with Crippen LogP contribution in [0.4, 0.5) is 0 Å². The summed E-state index contributed by atoms with van der Waals surface area (Å²) < 4.78 is 5.40. The van der Waals surface area contributed by atoms with Crippen molar-refractivity contribution in [1.29, 1.82) is 0 Å². The van der Waals surface area contributed by atoms with Gasteiger partial charge in [-0.3, -0.25) is 4.79 Å². The molecule has 0 aromatic carbocycles. The van der Waals surface area contributed by atoms with Crippen LogP contribution in [0.2, 0.25) is 0 Å². The van der Waals surface area contributed by atoms with Crippen LogP contribution in [-0.2, 0) is 11.2 Å². The summed E-state index contributed by atoms with van der Waals surface area (Å²) in [6, 6.07) is -0.381. The summed E-state index contributed by atoms with van der Waals surface area (Å²) in [5.74, 6) is 3.86. The molecule has 1 aromatic heterocycles. The number of thioether (sulfide) groups is 1. The van der Waals surface area contributed by atoms with Crippen LogP contribution in [-0.4, -0.2) is 47.4 Å². The van der Waals surface area contributed by atoms with Crippen LogP contribution in [0.5, 0.6) is 0 Å². The first kappa shape index (κ1) is 13.0. The maximum atomic E-state index is 12.6. The first-order valence-electron chi connectivity index (χ1n) is 6.75. The van der Waals surface area contributed by atoms with Gasteiger partial charge in [-0.15, -0.1) is 0 Å². The minimum Gasteiger partial charge on any atom is -0.446 e. The lowest BCUT2D eigenvalue weighted by Gasteiger charge is -2.26. The summed E-state index contributed by atoms with van der Waals surface area (Å²) in [6.07, 6.45) is 3.45. The van der Waals surface area contributed by atoms with Gasteiger partial charge in [-0.2, -0.15) is 11.8 Å². The van der Waals surface area contributed by atoms with Crippen molar-refractivity contribution >= 4 is 17.7 Å². The first-order chi connectivity index (χ1) is 9.29. The van der Waals surface area contributed by atoms with Crippen LogP contribution in [0.1, 0.15) is 23.9 Å². The van der Waals surface area contributed by atoms with Crippen molar-refractivity contribution in [1.82, 2.24) is 15.2 Å². The van der Waals surface area contributed by atoms with Crippen molar-refractivity contribution in [2.24, 2.45) is 5.92 Å². The number of carbonyl (C=O) groups excluding carboxylic acids is 1. The summed E-state index contributed by atoms with van der Waals surface area (Å²) in [6.45, 7) is 1.62. The molecule has 19 heavy (non-hydrogen) atoms. The number of fused-ring (bicyclic) bond motifs is 1. The second-order valence-electron chi connectivity index (χ2n) is 5.15. The molecule has 1 saturated heterocycles. The van der Waals surface area contributed by atoms with Gasteiger partial charge in [0.15, 0.2) is 12.2 Å². The molecule has 5 nitrogen and oxygen atoms in total. The largest absolute Gasteiger partial charge is 0.446 e. The van der Waals surface area contributed by atoms with Gasteiger partial charge in [-0.05, 0) is 30.9 Å². The lowest BCUT2D eigenvalue weighted by atomic mass is 10.1. The molecule has 104 valence electrons. The Kier molecular flexibility index (Phi) is 3.79. The highest BCUT2D eigenvalue weighted by Crippen LogP contribution is 2.28. The Morgan fingerprint density at radius 2 is 2.53 bits per heavy atom. The molecule has 3 rings (SSSR count). The number of hydrogen-bond donors (Lipinski definition) is 1. The first-order valence-corrected chi connectivity index (χ1v) is 7.91. The van der Waals surface area contributed by atoms with Gasteiger partial charge in [0.25, 0.3) is 0 Å². The lowest BCUT2D eigenvalue weighted by Crippen LogP contribution is -2.41. The Hall–Kier alpha value is -1.01. The summed E-state index contributed by atoms with van der Waals surface area (Å²) in [7, 11) is 1.80. The smallest absolute Gasteiger partial charge is 0.247 e. The molecule has 2 unspecified atom stereocenters. The number of likely N-dealkylation sites (N-methyl/N-ethyl adjacent to an activating group) is 1. The molecule has 1 amide bonds. The Morgan fingerprint density at radius 1 is 1.63 bits per heavy atom. The molecule has 0 bridgehead atoms. The van der Waals surface area contributed by atoms with E-state index in [1.807, 2.05) is 16.7 Å². The summed E-state index contributed by atoms with van der Waals surface area (Å²) in [5, 5.41) is 3.06. The van der Waals surface area contributed by atoms with Crippen LogP contribution in [0.25, 0.3) is 0 Å². The Labute approximate surface area is 117 Å². The summed E-state index contributed by atoms with van der Waals surface area (Å²) in [4.78, 5) is 18.8. The Morgan fingerprint density at radius 3 is 3.26 bits per heavy atom.